The van der Waals surface area contributed by atoms with Gasteiger partial charge in [0.2, 0.25) is 0 Å². The fraction of sp³-hybridized carbons (Fsp3) is 0.452. The molecule has 5 N–H and O–H groups in total. The highest BCUT2D eigenvalue weighted by atomic mass is 28.4. The number of amides is 2. The first-order valence-electron chi connectivity index (χ1n) is 14.3. The van der Waals surface area contributed by atoms with Gasteiger partial charge < -0.3 is 26.1 Å². The number of hydrogen-bond donors (Lipinski definition) is 3. The Kier molecular flexibility index (Phi) is 9.12. The summed E-state index contributed by atoms with van der Waals surface area (Å²) in [7, 11) is -0.437. The molecule has 1 saturated carbocycles. The highest BCUT2D eigenvalue weighted by Crippen LogP contribution is 2.41. The van der Waals surface area contributed by atoms with Gasteiger partial charge in [0.05, 0.1) is 12.7 Å². The lowest BCUT2D eigenvalue weighted by atomic mass is 9.87. The lowest BCUT2D eigenvalue weighted by molar-refractivity contribution is 0.0946. The number of nitrogen functional groups attached to an aromatic ring is 1. The first-order chi connectivity index (χ1) is 19.7. The van der Waals surface area contributed by atoms with Crippen LogP contribution in [0.25, 0.3) is 11.3 Å². The summed E-state index contributed by atoms with van der Waals surface area (Å²) in [6.07, 6.45) is 3.76. The van der Waals surface area contributed by atoms with Gasteiger partial charge >= 0.3 is 0 Å². The van der Waals surface area contributed by atoms with Gasteiger partial charge in [0.15, 0.2) is 14.0 Å². The monoisotopic (exact) mass is 595 g/mol. The van der Waals surface area contributed by atoms with Gasteiger partial charge in [-0.05, 0) is 67.6 Å². The van der Waals surface area contributed by atoms with Crippen molar-refractivity contribution >= 4 is 20.1 Å². The normalized spacial score (nSPS) is 17.6. The van der Waals surface area contributed by atoms with Gasteiger partial charge in [-0.2, -0.15) is 0 Å². The summed E-state index contributed by atoms with van der Waals surface area (Å²) in [6, 6.07) is 11.0. The van der Waals surface area contributed by atoms with Crippen LogP contribution in [0.2, 0.25) is 18.1 Å². The Morgan fingerprint density at radius 1 is 1.10 bits per heavy atom. The number of primary amides is 1. The third-order valence-corrected chi connectivity index (χ3v) is 13.1. The molecule has 0 unspecified atom stereocenters. The molecule has 11 heteroatoms. The third kappa shape index (κ3) is 6.68. The standard InChI is InChI=1S/C31H42FN5O4Si/c1-31(2,3)42(5,6)41-23-14-11-21(12-15-23)29-36-26(27(28(33)38)37(29)34)20-9-7-19(8-10-20)18-35-30(39)24-17-22(32)13-16-25(24)40-4/h7-10,13,16-17,21,23H,11-12,14-15,18,34H2,1-6H3,(H2,33,38)(H,35,39)/t21-,23+. The number of rotatable bonds is 9. The average molecular weight is 596 g/mol. The van der Waals surface area contributed by atoms with Gasteiger partial charge in [-0.3, -0.25) is 9.59 Å². The molecule has 2 amide bonds. The Bertz CT molecular complexity index is 1440. The molecule has 0 spiro atoms. The summed E-state index contributed by atoms with van der Waals surface area (Å²) >= 11 is 0. The van der Waals surface area contributed by atoms with Gasteiger partial charge in [0.1, 0.15) is 23.1 Å². The van der Waals surface area contributed by atoms with Gasteiger partial charge in [-0.25, -0.2) is 14.1 Å². The highest BCUT2D eigenvalue weighted by molar-refractivity contribution is 6.74. The number of aromatic nitrogens is 2. The maximum absolute atomic E-state index is 13.7. The molecule has 42 heavy (non-hydrogen) atoms. The molecule has 0 bridgehead atoms. The van der Waals surface area contributed by atoms with E-state index >= 15 is 0 Å². The minimum absolute atomic E-state index is 0.0930. The van der Waals surface area contributed by atoms with Crippen LogP contribution in [0.1, 0.15) is 84.6 Å². The van der Waals surface area contributed by atoms with Crippen LogP contribution in [0, 0.1) is 5.82 Å². The molecule has 0 atom stereocenters. The van der Waals surface area contributed by atoms with Crippen molar-refractivity contribution in [3.63, 3.8) is 0 Å². The number of nitrogens with zero attached hydrogens (tertiary/aromatic N) is 2. The number of imidazole rings is 1. The van der Waals surface area contributed by atoms with Crippen molar-refractivity contribution in [2.75, 3.05) is 13.0 Å². The predicted molar refractivity (Wildman–Crippen MR) is 164 cm³/mol. The maximum atomic E-state index is 13.7. The number of hydrogen-bond acceptors (Lipinski definition) is 6. The number of nitrogens with one attached hydrogen (secondary N) is 1. The number of nitrogens with two attached hydrogens (primary N) is 2. The molecular formula is C31H42FN5O4Si. The van der Waals surface area contributed by atoms with Crippen molar-refractivity contribution in [3.05, 3.63) is 70.9 Å². The summed E-state index contributed by atoms with van der Waals surface area (Å²) in [5.41, 5.74) is 7.94. The summed E-state index contributed by atoms with van der Waals surface area (Å²) in [5, 5.41) is 2.93. The first-order valence-corrected chi connectivity index (χ1v) is 17.2. The molecule has 1 aliphatic carbocycles. The second-order valence-corrected chi connectivity index (χ2v) is 17.2. The van der Waals surface area contributed by atoms with Crippen LogP contribution in [0.15, 0.2) is 42.5 Å². The van der Waals surface area contributed by atoms with Gasteiger partial charge in [0, 0.05) is 24.1 Å². The van der Waals surface area contributed by atoms with E-state index in [0.29, 0.717) is 17.1 Å². The number of carbonyl (C=O) groups excluding carboxylic acids is 2. The molecule has 0 saturated heterocycles. The van der Waals surface area contributed by atoms with Crippen molar-refractivity contribution in [2.24, 2.45) is 5.73 Å². The Hall–Kier alpha value is -3.70. The van der Waals surface area contributed by atoms with E-state index < -0.39 is 25.9 Å². The number of ether oxygens (including phenoxy) is 1. The van der Waals surface area contributed by atoms with Gasteiger partial charge in [-0.15, -0.1) is 0 Å². The number of carbonyl (C=O) groups is 2. The van der Waals surface area contributed by atoms with Crippen LogP contribution >= 0.6 is 0 Å². The number of methoxy groups -OCH3 is 1. The SMILES string of the molecule is COc1ccc(F)cc1C(=O)NCc1ccc(-c2nc([C@H]3CC[C@@H](O[Si](C)(C)C(C)(C)C)CC3)n(N)c2C(N)=O)cc1. The fourth-order valence-electron chi connectivity index (χ4n) is 5.12. The molecule has 9 nitrogen and oxygen atoms in total. The molecule has 0 radical (unpaired) electrons. The van der Waals surface area contributed by atoms with E-state index in [1.165, 1.54) is 23.9 Å². The van der Waals surface area contributed by atoms with Crippen LogP contribution in [-0.4, -0.2) is 43.0 Å². The van der Waals surface area contributed by atoms with Crippen LogP contribution in [0.5, 0.6) is 5.75 Å². The van der Waals surface area contributed by atoms with Crippen molar-refractivity contribution in [3.8, 4) is 17.0 Å². The second-order valence-electron chi connectivity index (χ2n) is 12.5. The van der Waals surface area contributed by atoms with E-state index in [9.17, 15) is 14.0 Å². The quantitative estimate of drug-likeness (QED) is 0.221. The van der Waals surface area contributed by atoms with E-state index in [1.807, 2.05) is 24.3 Å². The van der Waals surface area contributed by atoms with Crippen molar-refractivity contribution in [2.45, 2.75) is 83.2 Å². The molecule has 1 aromatic heterocycles. The zero-order chi connectivity index (χ0) is 30.8. The fourth-order valence-corrected chi connectivity index (χ4v) is 6.55. The molecule has 3 aromatic rings. The van der Waals surface area contributed by atoms with Crippen molar-refractivity contribution < 1.29 is 23.1 Å². The summed E-state index contributed by atoms with van der Waals surface area (Å²) in [5.74, 6) is 5.80. The van der Waals surface area contributed by atoms with Crippen LogP contribution in [0.3, 0.4) is 0 Å². The van der Waals surface area contributed by atoms with Crippen LogP contribution in [-0.2, 0) is 11.0 Å². The summed E-state index contributed by atoms with van der Waals surface area (Å²) < 4.78 is 26.8. The molecule has 4 rings (SSSR count). The highest BCUT2D eigenvalue weighted by Gasteiger charge is 2.40. The van der Waals surface area contributed by atoms with Crippen LogP contribution in [0.4, 0.5) is 4.39 Å². The molecule has 1 heterocycles. The van der Waals surface area contributed by atoms with E-state index in [2.05, 4.69) is 39.2 Å². The lowest BCUT2D eigenvalue weighted by Gasteiger charge is -2.41. The summed E-state index contributed by atoms with van der Waals surface area (Å²) in [4.78, 5) is 29.9. The third-order valence-electron chi connectivity index (χ3n) is 8.57. The Morgan fingerprint density at radius 2 is 1.74 bits per heavy atom. The minimum Gasteiger partial charge on any atom is -0.496 e. The Balaban J connectivity index is 1.46. The van der Waals surface area contributed by atoms with E-state index in [-0.39, 0.29) is 40.6 Å². The average Bonchev–Trinajstić information content (AvgIpc) is 3.28. The first kappa shape index (κ1) is 31.2. The van der Waals surface area contributed by atoms with Crippen molar-refractivity contribution in [1.82, 2.24) is 15.0 Å². The van der Waals surface area contributed by atoms with E-state index in [1.54, 1.807) is 0 Å². The topological polar surface area (TPSA) is 134 Å². The van der Waals surface area contributed by atoms with Crippen molar-refractivity contribution in [1.29, 1.82) is 0 Å². The zero-order valence-electron chi connectivity index (χ0n) is 25.3. The predicted octanol–water partition coefficient (Wildman–Crippen LogP) is 5.49. The number of halogens is 1. The molecule has 1 aliphatic rings. The smallest absolute Gasteiger partial charge is 0.269 e. The Labute approximate surface area is 247 Å². The van der Waals surface area contributed by atoms with Gasteiger partial charge in [-0.1, -0.05) is 45.0 Å². The zero-order valence-corrected chi connectivity index (χ0v) is 26.3. The van der Waals surface area contributed by atoms with Gasteiger partial charge in [0.25, 0.3) is 11.8 Å². The maximum Gasteiger partial charge on any atom is 0.269 e. The lowest BCUT2D eigenvalue weighted by Crippen LogP contribution is -2.44. The molecule has 0 aliphatic heterocycles. The molecule has 226 valence electrons. The molecular weight excluding hydrogens is 553 g/mol. The minimum atomic E-state index is -1.86. The second kappa shape index (κ2) is 12.3. The van der Waals surface area contributed by atoms with E-state index in [0.717, 1.165) is 37.3 Å². The van der Waals surface area contributed by atoms with Crippen LogP contribution < -0.4 is 21.6 Å². The van der Waals surface area contributed by atoms with E-state index in [4.69, 9.17) is 25.7 Å². The largest absolute Gasteiger partial charge is 0.496 e. The molecule has 1 fully saturated rings. The molecule has 2 aromatic carbocycles. The Morgan fingerprint density at radius 3 is 2.31 bits per heavy atom. The number of benzene rings is 2. The summed E-state index contributed by atoms with van der Waals surface area (Å²) in [6.45, 7) is 11.5.